The number of aromatic nitrogens is 1. The van der Waals surface area contributed by atoms with Gasteiger partial charge in [-0.05, 0) is 24.3 Å². The maximum atomic E-state index is 11.8. The molecule has 3 aromatic rings. The van der Waals surface area contributed by atoms with Crippen LogP contribution >= 0.6 is 15.9 Å². The van der Waals surface area contributed by atoms with E-state index in [9.17, 15) is 4.79 Å². The molecule has 0 spiro atoms. The summed E-state index contributed by atoms with van der Waals surface area (Å²) in [7, 11) is 0. The second-order valence-corrected chi connectivity index (χ2v) is 7.00. The molecule has 1 amide bonds. The highest BCUT2D eigenvalue weighted by Crippen LogP contribution is 2.24. The first-order chi connectivity index (χ1) is 12.7. The van der Waals surface area contributed by atoms with E-state index in [2.05, 4.69) is 63.3 Å². The normalized spacial score (nSPS) is 14.7. The van der Waals surface area contributed by atoms with Gasteiger partial charge in [-0.25, -0.2) is 4.98 Å². The summed E-state index contributed by atoms with van der Waals surface area (Å²) < 4.78 is 0. The Hall–Kier alpha value is -2.40. The van der Waals surface area contributed by atoms with Crippen LogP contribution in [0.2, 0.25) is 0 Å². The zero-order chi connectivity index (χ0) is 17.9. The lowest BCUT2D eigenvalue weighted by atomic mass is 10.1. The number of hydrogen-bond acceptors (Lipinski definition) is 3. The van der Waals surface area contributed by atoms with Gasteiger partial charge in [0.25, 0.3) is 0 Å². The van der Waals surface area contributed by atoms with Gasteiger partial charge in [0, 0.05) is 42.8 Å². The number of pyridine rings is 1. The summed E-state index contributed by atoms with van der Waals surface area (Å²) in [4.78, 5) is 20.8. The summed E-state index contributed by atoms with van der Waals surface area (Å²) in [6.45, 7) is 3.29. The highest BCUT2D eigenvalue weighted by molar-refractivity contribution is 9.09. The van der Waals surface area contributed by atoms with E-state index < -0.39 is 0 Å². The van der Waals surface area contributed by atoms with Crippen molar-refractivity contribution in [2.45, 2.75) is 0 Å². The Bertz CT molecular complexity index is 918. The molecule has 0 bridgehead atoms. The smallest absolute Gasteiger partial charge is 0.233 e. The van der Waals surface area contributed by atoms with Crippen molar-refractivity contribution in [1.82, 2.24) is 9.88 Å². The number of alkyl halides is 1. The van der Waals surface area contributed by atoms with Crippen LogP contribution < -0.4 is 4.90 Å². The molecule has 0 N–H and O–H groups in total. The number of hydrogen-bond donors (Lipinski definition) is 0. The molecule has 26 heavy (non-hydrogen) atoms. The largest absolute Gasteiger partial charge is 0.368 e. The Labute approximate surface area is 161 Å². The van der Waals surface area contributed by atoms with Crippen molar-refractivity contribution in [1.29, 1.82) is 0 Å². The standard InChI is InChI=1S/C21H20BrN3O/c22-15-21(26)25-13-11-24(12-14-25)18-8-5-17(6-9-18)20-10-7-16-3-1-2-4-19(16)23-20/h1-10H,11-15H2. The summed E-state index contributed by atoms with van der Waals surface area (Å²) in [5.74, 6) is 0.169. The number of carbonyl (C=O) groups is 1. The second kappa shape index (κ2) is 7.46. The molecule has 0 radical (unpaired) electrons. The van der Waals surface area contributed by atoms with Gasteiger partial charge >= 0.3 is 0 Å². The van der Waals surface area contributed by atoms with E-state index in [1.807, 2.05) is 23.1 Å². The van der Waals surface area contributed by atoms with Gasteiger partial charge in [-0.1, -0.05) is 52.3 Å². The molecule has 4 rings (SSSR count). The molecule has 4 nitrogen and oxygen atoms in total. The fourth-order valence-corrected chi connectivity index (χ4v) is 3.72. The van der Waals surface area contributed by atoms with Crippen molar-refractivity contribution in [3.63, 3.8) is 0 Å². The van der Waals surface area contributed by atoms with E-state index in [0.717, 1.165) is 48.3 Å². The molecule has 1 fully saturated rings. The number of para-hydroxylation sites is 1. The second-order valence-electron chi connectivity index (χ2n) is 6.44. The quantitative estimate of drug-likeness (QED) is 0.614. The number of benzene rings is 2. The molecule has 2 heterocycles. The van der Waals surface area contributed by atoms with Crippen LogP contribution in [0, 0.1) is 0 Å². The molecule has 0 saturated carbocycles. The average Bonchev–Trinajstić information content (AvgIpc) is 2.73. The Kier molecular flexibility index (Phi) is 4.89. The van der Waals surface area contributed by atoms with Crippen molar-refractivity contribution < 1.29 is 4.79 Å². The molecule has 0 unspecified atom stereocenters. The van der Waals surface area contributed by atoms with Crippen LogP contribution in [0.3, 0.4) is 0 Å². The molecule has 5 heteroatoms. The lowest BCUT2D eigenvalue weighted by molar-refractivity contribution is -0.128. The summed E-state index contributed by atoms with van der Waals surface area (Å²) in [6.07, 6.45) is 0. The Morgan fingerprint density at radius 1 is 0.923 bits per heavy atom. The highest BCUT2D eigenvalue weighted by atomic mass is 79.9. The molecule has 1 aromatic heterocycles. The number of anilines is 1. The van der Waals surface area contributed by atoms with Crippen molar-refractivity contribution >= 4 is 38.4 Å². The zero-order valence-electron chi connectivity index (χ0n) is 14.4. The fourth-order valence-electron chi connectivity index (χ4n) is 3.37. The number of carbonyl (C=O) groups excluding carboxylic acids is 1. The van der Waals surface area contributed by atoms with Gasteiger partial charge in [-0.3, -0.25) is 4.79 Å². The fraction of sp³-hybridized carbons (Fsp3) is 0.238. The molecule has 2 aromatic carbocycles. The monoisotopic (exact) mass is 409 g/mol. The topological polar surface area (TPSA) is 36.4 Å². The lowest BCUT2D eigenvalue weighted by Crippen LogP contribution is -2.49. The van der Waals surface area contributed by atoms with E-state index in [4.69, 9.17) is 4.98 Å². The van der Waals surface area contributed by atoms with Gasteiger partial charge in [-0.2, -0.15) is 0 Å². The van der Waals surface area contributed by atoms with Crippen molar-refractivity contribution in [3.05, 3.63) is 60.7 Å². The number of fused-ring (bicyclic) bond motifs is 1. The number of amides is 1. The van der Waals surface area contributed by atoms with Gasteiger partial charge < -0.3 is 9.80 Å². The van der Waals surface area contributed by atoms with E-state index in [-0.39, 0.29) is 5.91 Å². The summed E-state index contributed by atoms with van der Waals surface area (Å²) in [6, 6.07) is 20.9. The Morgan fingerprint density at radius 3 is 2.38 bits per heavy atom. The van der Waals surface area contributed by atoms with Crippen LogP contribution in [0.5, 0.6) is 0 Å². The van der Waals surface area contributed by atoms with Crippen molar-refractivity contribution in [3.8, 4) is 11.3 Å². The highest BCUT2D eigenvalue weighted by Gasteiger charge is 2.20. The minimum atomic E-state index is 0.169. The van der Waals surface area contributed by atoms with Crippen LogP contribution in [-0.4, -0.2) is 47.3 Å². The molecule has 1 saturated heterocycles. The van der Waals surface area contributed by atoms with E-state index in [1.54, 1.807) is 0 Å². The predicted octanol–water partition coefficient (Wildman–Crippen LogP) is 3.95. The third-order valence-corrected chi connectivity index (χ3v) is 5.35. The third-order valence-electron chi connectivity index (χ3n) is 4.87. The van der Waals surface area contributed by atoms with Crippen LogP contribution in [0.25, 0.3) is 22.2 Å². The molecular weight excluding hydrogens is 390 g/mol. The number of halogens is 1. The minimum absolute atomic E-state index is 0.169. The third kappa shape index (κ3) is 3.44. The van der Waals surface area contributed by atoms with Crippen LogP contribution in [-0.2, 0) is 4.79 Å². The predicted molar refractivity (Wildman–Crippen MR) is 110 cm³/mol. The first-order valence-corrected chi connectivity index (χ1v) is 9.92. The van der Waals surface area contributed by atoms with Gasteiger partial charge in [0.05, 0.1) is 16.5 Å². The average molecular weight is 410 g/mol. The number of rotatable bonds is 3. The summed E-state index contributed by atoms with van der Waals surface area (Å²) >= 11 is 3.24. The van der Waals surface area contributed by atoms with E-state index in [0.29, 0.717) is 5.33 Å². The maximum Gasteiger partial charge on any atom is 0.233 e. The Morgan fingerprint density at radius 2 is 1.65 bits per heavy atom. The molecule has 1 aliphatic rings. The van der Waals surface area contributed by atoms with Crippen LogP contribution in [0.15, 0.2) is 60.7 Å². The van der Waals surface area contributed by atoms with E-state index >= 15 is 0 Å². The summed E-state index contributed by atoms with van der Waals surface area (Å²) in [5, 5.41) is 1.56. The number of nitrogens with zero attached hydrogens (tertiary/aromatic N) is 3. The van der Waals surface area contributed by atoms with Gasteiger partial charge in [-0.15, -0.1) is 0 Å². The number of piperazine rings is 1. The SMILES string of the molecule is O=C(CBr)N1CCN(c2ccc(-c3ccc4ccccc4n3)cc2)CC1. The zero-order valence-corrected chi connectivity index (χ0v) is 16.0. The first-order valence-electron chi connectivity index (χ1n) is 8.79. The molecule has 132 valence electrons. The van der Waals surface area contributed by atoms with Gasteiger partial charge in [0.15, 0.2) is 0 Å². The molecular formula is C21H20BrN3O. The van der Waals surface area contributed by atoms with E-state index in [1.165, 1.54) is 5.69 Å². The van der Waals surface area contributed by atoms with Crippen molar-refractivity contribution in [2.24, 2.45) is 0 Å². The first kappa shape index (κ1) is 17.0. The molecule has 0 aliphatic carbocycles. The minimum Gasteiger partial charge on any atom is -0.368 e. The Balaban J connectivity index is 1.49. The van der Waals surface area contributed by atoms with Gasteiger partial charge in [0.1, 0.15) is 0 Å². The van der Waals surface area contributed by atoms with Gasteiger partial charge in [0.2, 0.25) is 5.91 Å². The summed E-state index contributed by atoms with van der Waals surface area (Å²) in [5.41, 5.74) is 4.32. The van der Waals surface area contributed by atoms with Crippen LogP contribution in [0.1, 0.15) is 0 Å². The molecule has 0 atom stereocenters. The maximum absolute atomic E-state index is 11.8. The van der Waals surface area contributed by atoms with Crippen LogP contribution in [0.4, 0.5) is 5.69 Å². The molecule has 1 aliphatic heterocycles. The van der Waals surface area contributed by atoms with Crippen molar-refractivity contribution in [2.75, 3.05) is 36.4 Å². The lowest BCUT2D eigenvalue weighted by Gasteiger charge is -2.36.